The molecule has 102 valence electrons. The Hall–Kier alpha value is -2.02. The summed E-state index contributed by atoms with van der Waals surface area (Å²) in [6, 6.07) is 17.4. The van der Waals surface area contributed by atoms with Crippen molar-refractivity contribution in [3.8, 4) is 0 Å². The van der Waals surface area contributed by atoms with Crippen molar-refractivity contribution in [2.45, 2.75) is 32.6 Å². The predicted molar refractivity (Wildman–Crippen MR) is 86.3 cm³/mol. The number of H-pyrrole nitrogens is 1. The molecule has 0 aliphatic carbocycles. The molecule has 1 unspecified atom stereocenters. The molecule has 1 N–H and O–H groups in total. The van der Waals surface area contributed by atoms with E-state index in [9.17, 15) is 0 Å². The lowest BCUT2D eigenvalue weighted by atomic mass is 9.88. The molecule has 1 heteroatoms. The zero-order valence-corrected chi connectivity index (χ0v) is 12.2. The second kappa shape index (κ2) is 5.54. The highest BCUT2D eigenvalue weighted by molar-refractivity contribution is 5.87. The van der Waals surface area contributed by atoms with Gasteiger partial charge in [-0.05, 0) is 29.5 Å². The maximum absolute atomic E-state index is 3.49. The first-order chi connectivity index (χ1) is 9.85. The second-order valence-corrected chi connectivity index (χ2v) is 5.31. The van der Waals surface area contributed by atoms with E-state index < -0.39 is 0 Å². The molecule has 3 aromatic rings. The second-order valence-electron chi connectivity index (χ2n) is 5.31. The zero-order chi connectivity index (χ0) is 13.9. The third kappa shape index (κ3) is 2.14. The number of benzene rings is 2. The van der Waals surface area contributed by atoms with Crippen LogP contribution in [0.3, 0.4) is 0 Å². The van der Waals surface area contributed by atoms with Crippen LogP contribution in [0.1, 0.15) is 42.9 Å². The SMILES string of the molecule is CCc1cccc2c(C(CC)c3ccccc3)c[nH]c12. The van der Waals surface area contributed by atoms with Crippen molar-refractivity contribution in [2.75, 3.05) is 0 Å². The lowest BCUT2D eigenvalue weighted by molar-refractivity contribution is 0.783. The minimum absolute atomic E-state index is 0.469. The molecule has 0 bridgehead atoms. The summed E-state index contributed by atoms with van der Waals surface area (Å²) in [5.41, 5.74) is 5.53. The fourth-order valence-electron chi connectivity index (χ4n) is 3.14. The molecule has 0 amide bonds. The Labute approximate surface area is 120 Å². The normalized spacial score (nSPS) is 12.7. The van der Waals surface area contributed by atoms with Crippen LogP contribution in [0.2, 0.25) is 0 Å². The third-order valence-electron chi connectivity index (χ3n) is 4.20. The highest BCUT2D eigenvalue weighted by Gasteiger charge is 2.16. The van der Waals surface area contributed by atoms with Crippen molar-refractivity contribution in [2.24, 2.45) is 0 Å². The average molecular weight is 263 g/mol. The van der Waals surface area contributed by atoms with Crippen molar-refractivity contribution in [1.29, 1.82) is 0 Å². The van der Waals surface area contributed by atoms with E-state index in [1.165, 1.54) is 27.6 Å². The van der Waals surface area contributed by atoms with Crippen molar-refractivity contribution in [3.63, 3.8) is 0 Å². The van der Waals surface area contributed by atoms with Crippen LogP contribution in [0.4, 0.5) is 0 Å². The van der Waals surface area contributed by atoms with Crippen molar-refractivity contribution >= 4 is 10.9 Å². The summed E-state index contributed by atoms with van der Waals surface area (Å²) in [4.78, 5) is 3.49. The van der Waals surface area contributed by atoms with E-state index >= 15 is 0 Å². The van der Waals surface area contributed by atoms with Crippen LogP contribution in [-0.4, -0.2) is 4.98 Å². The van der Waals surface area contributed by atoms with Gasteiger partial charge in [-0.2, -0.15) is 0 Å². The largest absolute Gasteiger partial charge is 0.361 e. The molecule has 3 rings (SSSR count). The van der Waals surface area contributed by atoms with Gasteiger partial charge >= 0.3 is 0 Å². The molecule has 0 fully saturated rings. The lowest BCUT2D eigenvalue weighted by Crippen LogP contribution is -1.98. The highest BCUT2D eigenvalue weighted by atomic mass is 14.7. The Balaban J connectivity index is 2.14. The number of hydrogen-bond acceptors (Lipinski definition) is 0. The first-order valence-electron chi connectivity index (χ1n) is 7.49. The molecule has 0 saturated carbocycles. The molecule has 0 saturated heterocycles. The van der Waals surface area contributed by atoms with E-state index in [-0.39, 0.29) is 0 Å². The zero-order valence-electron chi connectivity index (χ0n) is 12.2. The molecule has 1 atom stereocenters. The minimum atomic E-state index is 0.469. The van der Waals surface area contributed by atoms with E-state index in [4.69, 9.17) is 0 Å². The summed E-state index contributed by atoms with van der Waals surface area (Å²) < 4.78 is 0. The quantitative estimate of drug-likeness (QED) is 0.659. The maximum atomic E-state index is 3.49. The number of rotatable bonds is 4. The van der Waals surface area contributed by atoms with E-state index in [0.717, 1.165) is 12.8 Å². The molecule has 20 heavy (non-hydrogen) atoms. The number of hydrogen-bond donors (Lipinski definition) is 1. The fraction of sp³-hybridized carbons (Fsp3) is 0.263. The van der Waals surface area contributed by atoms with Gasteiger partial charge in [-0.1, -0.05) is 62.4 Å². The van der Waals surface area contributed by atoms with Gasteiger partial charge in [0.15, 0.2) is 0 Å². The predicted octanol–water partition coefficient (Wildman–Crippen LogP) is 5.27. The van der Waals surface area contributed by atoms with E-state index in [1.807, 2.05) is 0 Å². The number of para-hydroxylation sites is 1. The summed E-state index contributed by atoms with van der Waals surface area (Å²) in [7, 11) is 0. The molecular formula is C19H21N. The van der Waals surface area contributed by atoms with Gasteiger partial charge in [0.05, 0.1) is 0 Å². The standard InChI is InChI=1S/C19H21N/c1-3-14-11-8-12-17-18(13-20-19(14)17)16(4-2)15-9-6-5-7-10-15/h5-13,16,20H,3-4H2,1-2H3. The van der Waals surface area contributed by atoms with Crippen LogP contribution in [0.5, 0.6) is 0 Å². The van der Waals surface area contributed by atoms with Crippen LogP contribution >= 0.6 is 0 Å². The molecule has 0 aliphatic heterocycles. The van der Waals surface area contributed by atoms with Crippen LogP contribution in [0.15, 0.2) is 54.7 Å². The van der Waals surface area contributed by atoms with Crippen molar-refractivity contribution in [3.05, 3.63) is 71.4 Å². The number of nitrogens with one attached hydrogen (secondary N) is 1. The smallest absolute Gasteiger partial charge is 0.0489 e. The maximum Gasteiger partial charge on any atom is 0.0489 e. The molecule has 1 nitrogen and oxygen atoms in total. The highest BCUT2D eigenvalue weighted by Crippen LogP contribution is 2.34. The number of aromatic nitrogens is 1. The van der Waals surface area contributed by atoms with Crippen LogP contribution < -0.4 is 0 Å². The summed E-state index contributed by atoms with van der Waals surface area (Å²) >= 11 is 0. The van der Waals surface area contributed by atoms with Crippen molar-refractivity contribution < 1.29 is 0 Å². The van der Waals surface area contributed by atoms with Gasteiger partial charge in [0, 0.05) is 23.0 Å². The Morgan fingerprint density at radius 1 is 0.950 bits per heavy atom. The van der Waals surface area contributed by atoms with E-state index in [2.05, 4.69) is 73.6 Å². The Morgan fingerprint density at radius 2 is 1.75 bits per heavy atom. The molecule has 2 aromatic carbocycles. The topological polar surface area (TPSA) is 15.8 Å². The Kier molecular flexibility index (Phi) is 3.60. The number of aryl methyl sites for hydroxylation is 1. The van der Waals surface area contributed by atoms with Gasteiger partial charge in [0.1, 0.15) is 0 Å². The van der Waals surface area contributed by atoms with Crippen LogP contribution in [0.25, 0.3) is 10.9 Å². The van der Waals surface area contributed by atoms with E-state index in [1.54, 1.807) is 0 Å². The Bertz CT molecular complexity index is 694. The molecule has 0 radical (unpaired) electrons. The van der Waals surface area contributed by atoms with Gasteiger partial charge in [-0.3, -0.25) is 0 Å². The molecule has 1 aromatic heterocycles. The van der Waals surface area contributed by atoms with Crippen LogP contribution in [0, 0.1) is 0 Å². The molecule has 0 aliphatic rings. The van der Waals surface area contributed by atoms with Gasteiger partial charge in [0.25, 0.3) is 0 Å². The molecule has 1 heterocycles. The summed E-state index contributed by atoms with van der Waals surface area (Å²) in [5.74, 6) is 0.469. The lowest BCUT2D eigenvalue weighted by Gasteiger charge is -2.15. The van der Waals surface area contributed by atoms with Gasteiger partial charge in [-0.15, -0.1) is 0 Å². The van der Waals surface area contributed by atoms with Gasteiger partial charge in [0.2, 0.25) is 0 Å². The Morgan fingerprint density at radius 3 is 2.45 bits per heavy atom. The first-order valence-corrected chi connectivity index (χ1v) is 7.49. The average Bonchev–Trinajstić information content (AvgIpc) is 2.93. The number of aromatic amines is 1. The summed E-state index contributed by atoms with van der Waals surface area (Å²) in [5, 5.41) is 1.38. The van der Waals surface area contributed by atoms with Crippen LogP contribution in [-0.2, 0) is 6.42 Å². The summed E-state index contributed by atoms with van der Waals surface area (Å²) in [6.45, 7) is 4.48. The summed E-state index contributed by atoms with van der Waals surface area (Å²) in [6.07, 6.45) is 4.39. The minimum Gasteiger partial charge on any atom is -0.361 e. The van der Waals surface area contributed by atoms with E-state index in [0.29, 0.717) is 5.92 Å². The third-order valence-corrected chi connectivity index (χ3v) is 4.20. The van der Waals surface area contributed by atoms with Gasteiger partial charge < -0.3 is 4.98 Å². The number of fused-ring (bicyclic) bond motifs is 1. The van der Waals surface area contributed by atoms with Gasteiger partial charge in [-0.25, -0.2) is 0 Å². The first kappa shape index (κ1) is 13.0. The fourth-order valence-corrected chi connectivity index (χ4v) is 3.14. The molecular weight excluding hydrogens is 242 g/mol. The van der Waals surface area contributed by atoms with Crippen molar-refractivity contribution in [1.82, 2.24) is 4.98 Å². The molecule has 0 spiro atoms. The monoisotopic (exact) mass is 263 g/mol.